The first-order valence-corrected chi connectivity index (χ1v) is 5.32. The molecule has 1 rings (SSSR count). The maximum Gasteiger partial charge on any atom is 0.243 e. The second kappa shape index (κ2) is 6.82. The number of nitrogens with one attached hydrogen (secondary N) is 1. The quantitative estimate of drug-likeness (QED) is 0.750. The van der Waals surface area contributed by atoms with E-state index >= 15 is 0 Å². The van der Waals surface area contributed by atoms with Crippen molar-refractivity contribution < 1.29 is 14.3 Å². The van der Waals surface area contributed by atoms with Crippen molar-refractivity contribution in [2.45, 2.75) is 13.0 Å². The van der Waals surface area contributed by atoms with Gasteiger partial charge in [0, 0.05) is 13.3 Å². The molecule has 0 bridgehead atoms. The van der Waals surface area contributed by atoms with Crippen LogP contribution in [0.1, 0.15) is 6.92 Å². The molecule has 6 nitrogen and oxygen atoms in total. The number of ether oxygens (including phenoxy) is 2. The molecule has 0 aliphatic carbocycles. The first kappa shape index (κ1) is 13.4. The minimum absolute atomic E-state index is 0.163. The molecule has 0 spiro atoms. The highest BCUT2D eigenvalue weighted by Gasteiger charge is 2.15. The molecule has 6 heteroatoms. The number of nitrogens with two attached hydrogens (primary N) is 1. The number of anilines is 1. The Morgan fingerprint density at radius 3 is 3.06 bits per heavy atom. The van der Waals surface area contributed by atoms with Crippen molar-refractivity contribution in [1.82, 2.24) is 4.98 Å². The zero-order valence-corrected chi connectivity index (χ0v) is 9.97. The zero-order chi connectivity index (χ0) is 12.7. The van der Waals surface area contributed by atoms with Gasteiger partial charge in [-0.3, -0.25) is 4.79 Å². The smallest absolute Gasteiger partial charge is 0.243 e. The van der Waals surface area contributed by atoms with Crippen LogP contribution in [0.5, 0.6) is 5.88 Å². The number of hydrogen-bond donors (Lipinski definition) is 2. The van der Waals surface area contributed by atoms with Crippen molar-refractivity contribution in [3.05, 3.63) is 18.3 Å². The van der Waals surface area contributed by atoms with E-state index in [4.69, 9.17) is 15.2 Å². The molecule has 94 valence electrons. The lowest BCUT2D eigenvalue weighted by atomic mass is 10.3. The summed E-state index contributed by atoms with van der Waals surface area (Å²) in [5.41, 5.74) is 6.11. The molecular weight excluding hydrogens is 222 g/mol. The van der Waals surface area contributed by atoms with Crippen LogP contribution in [-0.4, -0.2) is 37.3 Å². The van der Waals surface area contributed by atoms with Crippen molar-refractivity contribution >= 4 is 11.6 Å². The molecule has 1 aromatic heterocycles. The van der Waals surface area contributed by atoms with Gasteiger partial charge in [0.1, 0.15) is 11.7 Å². The van der Waals surface area contributed by atoms with E-state index in [0.717, 1.165) is 0 Å². The molecule has 0 aliphatic rings. The van der Waals surface area contributed by atoms with Gasteiger partial charge in [0.15, 0.2) is 0 Å². The van der Waals surface area contributed by atoms with Gasteiger partial charge in [-0.25, -0.2) is 4.98 Å². The summed E-state index contributed by atoms with van der Waals surface area (Å²) in [7, 11) is 1.49. The minimum Gasteiger partial charge on any atom is -0.476 e. The van der Waals surface area contributed by atoms with Gasteiger partial charge in [-0.15, -0.1) is 0 Å². The van der Waals surface area contributed by atoms with Gasteiger partial charge in [-0.2, -0.15) is 0 Å². The summed E-state index contributed by atoms with van der Waals surface area (Å²) in [5.74, 6) is 0.0498. The number of amides is 1. The number of pyridine rings is 1. The molecule has 0 saturated heterocycles. The van der Waals surface area contributed by atoms with Crippen LogP contribution < -0.4 is 15.8 Å². The summed E-state index contributed by atoms with van der Waals surface area (Å²) in [6, 6.07) is 2.70. The molecule has 0 aromatic carbocycles. The standard InChI is InChI=1S/C11H17N3O3/c1-3-17-11-9(5-4-6-13-11)14-10(15)8(12)7-16-2/h4-6,8H,3,7,12H2,1-2H3,(H,14,15). The Kier molecular flexibility index (Phi) is 5.38. The number of aromatic nitrogens is 1. The Morgan fingerprint density at radius 1 is 1.65 bits per heavy atom. The third kappa shape index (κ3) is 4.01. The van der Waals surface area contributed by atoms with Gasteiger partial charge in [-0.05, 0) is 19.1 Å². The van der Waals surface area contributed by atoms with Crippen LogP contribution in [0.4, 0.5) is 5.69 Å². The minimum atomic E-state index is -0.713. The lowest BCUT2D eigenvalue weighted by Crippen LogP contribution is -2.39. The first-order chi connectivity index (χ1) is 8.19. The average molecular weight is 239 g/mol. The normalized spacial score (nSPS) is 11.9. The average Bonchev–Trinajstić information content (AvgIpc) is 2.32. The number of carbonyl (C=O) groups excluding carboxylic acids is 1. The number of methoxy groups -OCH3 is 1. The highest BCUT2D eigenvalue weighted by Crippen LogP contribution is 2.20. The fraction of sp³-hybridized carbons (Fsp3) is 0.455. The summed E-state index contributed by atoms with van der Waals surface area (Å²) in [6.07, 6.45) is 1.59. The van der Waals surface area contributed by atoms with Crippen LogP contribution >= 0.6 is 0 Å². The summed E-state index contributed by atoms with van der Waals surface area (Å²) in [5, 5.41) is 2.65. The summed E-state index contributed by atoms with van der Waals surface area (Å²) in [6.45, 7) is 2.48. The third-order valence-corrected chi connectivity index (χ3v) is 1.99. The fourth-order valence-electron chi connectivity index (χ4n) is 1.22. The molecular formula is C11H17N3O3. The van der Waals surface area contributed by atoms with Crippen molar-refractivity contribution in [1.29, 1.82) is 0 Å². The highest BCUT2D eigenvalue weighted by molar-refractivity contribution is 5.95. The Hall–Kier alpha value is -1.66. The third-order valence-electron chi connectivity index (χ3n) is 1.99. The maximum absolute atomic E-state index is 11.7. The van der Waals surface area contributed by atoms with E-state index in [0.29, 0.717) is 18.2 Å². The molecule has 0 fully saturated rings. The predicted molar refractivity (Wildman–Crippen MR) is 63.9 cm³/mol. The fourth-order valence-corrected chi connectivity index (χ4v) is 1.22. The van der Waals surface area contributed by atoms with Crippen molar-refractivity contribution in [3.63, 3.8) is 0 Å². The molecule has 0 radical (unpaired) electrons. The Labute approximate surface area is 100 Å². The van der Waals surface area contributed by atoms with Crippen LogP contribution in [0.2, 0.25) is 0 Å². The van der Waals surface area contributed by atoms with Crippen molar-refractivity contribution in [2.75, 3.05) is 25.6 Å². The van der Waals surface area contributed by atoms with E-state index in [1.165, 1.54) is 7.11 Å². The monoisotopic (exact) mass is 239 g/mol. The number of rotatable bonds is 6. The second-order valence-electron chi connectivity index (χ2n) is 3.34. The summed E-state index contributed by atoms with van der Waals surface area (Å²) in [4.78, 5) is 15.7. The van der Waals surface area contributed by atoms with Gasteiger partial charge in [0.05, 0.1) is 13.2 Å². The SMILES string of the molecule is CCOc1ncccc1NC(=O)C(N)COC. The lowest BCUT2D eigenvalue weighted by molar-refractivity contribution is -0.118. The number of nitrogens with zero attached hydrogens (tertiary/aromatic N) is 1. The molecule has 1 unspecified atom stereocenters. The van der Waals surface area contributed by atoms with Gasteiger partial charge in [0.2, 0.25) is 11.8 Å². The first-order valence-electron chi connectivity index (χ1n) is 5.32. The highest BCUT2D eigenvalue weighted by atomic mass is 16.5. The number of carbonyl (C=O) groups is 1. The molecule has 1 heterocycles. The molecule has 17 heavy (non-hydrogen) atoms. The summed E-state index contributed by atoms with van der Waals surface area (Å²) < 4.78 is 10.1. The second-order valence-corrected chi connectivity index (χ2v) is 3.34. The van der Waals surface area contributed by atoms with Crippen LogP contribution in [-0.2, 0) is 9.53 Å². The van der Waals surface area contributed by atoms with Crippen LogP contribution in [0.3, 0.4) is 0 Å². The largest absolute Gasteiger partial charge is 0.476 e. The van der Waals surface area contributed by atoms with E-state index < -0.39 is 6.04 Å². The predicted octanol–water partition coefficient (Wildman–Crippen LogP) is 0.392. The van der Waals surface area contributed by atoms with Crippen molar-refractivity contribution in [3.8, 4) is 5.88 Å². The van der Waals surface area contributed by atoms with Crippen LogP contribution in [0, 0.1) is 0 Å². The summed E-state index contributed by atoms with van der Waals surface area (Å²) >= 11 is 0. The van der Waals surface area contributed by atoms with E-state index in [2.05, 4.69) is 10.3 Å². The van der Waals surface area contributed by atoms with Crippen LogP contribution in [0.25, 0.3) is 0 Å². The van der Waals surface area contributed by atoms with E-state index in [9.17, 15) is 4.79 Å². The molecule has 3 N–H and O–H groups in total. The maximum atomic E-state index is 11.7. The van der Waals surface area contributed by atoms with Gasteiger partial charge in [-0.1, -0.05) is 0 Å². The zero-order valence-electron chi connectivity index (χ0n) is 9.97. The molecule has 0 aliphatic heterocycles. The van der Waals surface area contributed by atoms with Gasteiger partial charge in [0.25, 0.3) is 0 Å². The van der Waals surface area contributed by atoms with Gasteiger partial charge >= 0.3 is 0 Å². The topological polar surface area (TPSA) is 86.5 Å². The van der Waals surface area contributed by atoms with E-state index in [1.807, 2.05) is 6.92 Å². The van der Waals surface area contributed by atoms with Gasteiger partial charge < -0.3 is 20.5 Å². The molecule has 1 aromatic rings. The lowest BCUT2D eigenvalue weighted by Gasteiger charge is -2.13. The van der Waals surface area contributed by atoms with Crippen LogP contribution in [0.15, 0.2) is 18.3 Å². The Bertz CT molecular complexity index is 371. The Balaban J connectivity index is 2.70. The molecule has 1 atom stereocenters. The van der Waals surface area contributed by atoms with E-state index in [1.54, 1.807) is 18.3 Å². The Morgan fingerprint density at radius 2 is 2.41 bits per heavy atom. The van der Waals surface area contributed by atoms with Crippen molar-refractivity contribution in [2.24, 2.45) is 5.73 Å². The van der Waals surface area contributed by atoms with E-state index in [-0.39, 0.29) is 12.5 Å². The molecule has 0 saturated carbocycles. The molecule has 1 amide bonds. The number of hydrogen-bond acceptors (Lipinski definition) is 5.